The number of nitrogens with two attached hydrogens (primary N) is 1. The predicted octanol–water partition coefficient (Wildman–Crippen LogP) is 1.54. The Morgan fingerprint density at radius 2 is 1.92 bits per heavy atom. The van der Waals surface area contributed by atoms with Crippen LogP contribution in [-0.2, 0) is 4.74 Å². The van der Waals surface area contributed by atoms with Crippen molar-refractivity contribution in [1.29, 1.82) is 0 Å². The highest BCUT2D eigenvalue weighted by molar-refractivity contribution is 4.87. The summed E-state index contributed by atoms with van der Waals surface area (Å²) < 4.78 is 28.8. The summed E-state index contributed by atoms with van der Waals surface area (Å²) in [4.78, 5) is 0. The van der Waals surface area contributed by atoms with Gasteiger partial charge in [0.15, 0.2) is 0 Å². The molecule has 2 N–H and O–H groups in total. The van der Waals surface area contributed by atoms with Crippen LogP contribution < -0.4 is 5.73 Å². The molecule has 0 atom stereocenters. The quantitative estimate of drug-likeness (QED) is 0.710. The molecule has 0 aliphatic heterocycles. The molecular formula is C8H15F2NO. The average molecular weight is 179 g/mol. The van der Waals surface area contributed by atoms with E-state index in [1.807, 2.05) is 0 Å². The van der Waals surface area contributed by atoms with Gasteiger partial charge in [-0.05, 0) is 12.8 Å². The molecule has 0 unspecified atom stereocenters. The number of ether oxygens (including phenoxy) is 1. The third-order valence-corrected chi connectivity index (χ3v) is 2.40. The van der Waals surface area contributed by atoms with Gasteiger partial charge in [0.25, 0.3) is 6.43 Å². The van der Waals surface area contributed by atoms with Crippen molar-refractivity contribution in [3.8, 4) is 0 Å². The predicted molar refractivity (Wildman–Crippen MR) is 42.2 cm³/mol. The second-order valence-electron chi connectivity index (χ2n) is 3.30. The van der Waals surface area contributed by atoms with Gasteiger partial charge in [0.1, 0.15) is 6.61 Å². The lowest BCUT2D eigenvalue weighted by Gasteiger charge is -2.27. The van der Waals surface area contributed by atoms with Gasteiger partial charge >= 0.3 is 0 Å². The van der Waals surface area contributed by atoms with E-state index in [0.29, 0.717) is 6.54 Å². The molecule has 0 spiro atoms. The Bertz CT molecular complexity index is 135. The summed E-state index contributed by atoms with van der Waals surface area (Å²) in [7, 11) is 0. The van der Waals surface area contributed by atoms with Crippen LogP contribution in [0.2, 0.25) is 0 Å². The largest absolute Gasteiger partial charge is 0.368 e. The van der Waals surface area contributed by atoms with Crippen LogP contribution in [0.25, 0.3) is 0 Å². The molecule has 12 heavy (non-hydrogen) atoms. The molecule has 0 radical (unpaired) electrons. The van der Waals surface area contributed by atoms with Gasteiger partial charge in [-0.15, -0.1) is 0 Å². The second-order valence-corrected chi connectivity index (χ2v) is 3.30. The van der Waals surface area contributed by atoms with Crippen LogP contribution in [0.5, 0.6) is 0 Å². The van der Waals surface area contributed by atoms with Gasteiger partial charge in [-0.1, -0.05) is 12.8 Å². The maximum atomic E-state index is 11.8. The smallest absolute Gasteiger partial charge is 0.261 e. The third-order valence-electron chi connectivity index (χ3n) is 2.40. The van der Waals surface area contributed by atoms with E-state index >= 15 is 0 Å². The standard InChI is InChI=1S/C8H15F2NO/c9-7(10)5-12-8(6-11)3-1-2-4-8/h7H,1-6,11H2. The van der Waals surface area contributed by atoms with Gasteiger partial charge in [-0.3, -0.25) is 0 Å². The van der Waals surface area contributed by atoms with Crippen LogP contribution in [0, 0.1) is 0 Å². The average Bonchev–Trinajstić information content (AvgIpc) is 2.50. The summed E-state index contributed by atoms with van der Waals surface area (Å²) in [5, 5.41) is 0. The minimum absolute atomic E-state index is 0.361. The van der Waals surface area contributed by atoms with Crippen LogP contribution in [0.4, 0.5) is 8.78 Å². The number of hydrogen-bond acceptors (Lipinski definition) is 2. The van der Waals surface area contributed by atoms with E-state index in [4.69, 9.17) is 10.5 Å². The van der Waals surface area contributed by atoms with Gasteiger partial charge in [0, 0.05) is 6.54 Å². The second kappa shape index (κ2) is 4.14. The summed E-state index contributed by atoms with van der Waals surface area (Å²) in [6, 6.07) is 0. The Morgan fingerprint density at radius 1 is 1.33 bits per heavy atom. The SMILES string of the molecule is NCC1(OCC(F)F)CCCC1. The van der Waals surface area contributed by atoms with E-state index in [2.05, 4.69) is 0 Å². The topological polar surface area (TPSA) is 35.2 Å². The molecule has 0 bridgehead atoms. The van der Waals surface area contributed by atoms with Crippen molar-refractivity contribution in [1.82, 2.24) is 0 Å². The van der Waals surface area contributed by atoms with E-state index < -0.39 is 18.6 Å². The van der Waals surface area contributed by atoms with Gasteiger partial charge in [0.2, 0.25) is 0 Å². The van der Waals surface area contributed by atoms with Gasteiger partial charge in [-0.2, -0.15) is 0 Å². The maximum absolute atomic E-state index is 11.8. The van der Waals surface area contributed by atoms with Crippen LogP contribution in [0.3, 0.4) is 0 Å². The molecule has 1 fully saturated rings. The van der Waals surface area contributed by atoms with Crippen LogP contribution >= 0.6 is 0 Å². The van der Waals surface area contributed by atoms with E-state index in [1.165, 1.54) is 0 Å². The molecule has 1 aliphatic rings. The van der Waals surface area contributed by atoms with Crippen LogP contribution in [0.1, 0.15) is 25.7 Å². The Hall–Kier alpha value is -0.220. The fourth-order valence-electron chi connectivity index (χ4n) is 1.67. The molecule has 1 saturated carbocycles. The lowest BCUT2D eigenvalue weighted by atomic mass is 10.0. The summed E-state index contributed by atoms with van der Waals surface area (Å²) in [6.07, 6.45) is 1.36. The fourth-order valence-corrected chi connectivity index (χ4v) is 1.67. The minimum atomic E-state index is -2.38. The van der Waals surface area contributed by atoms with Crippen molar-refractivity contribution in [3.63, 3.8) is 0 Å². The first kappa shape index (κ1) is 9.86. The Morgan fingerprint density at radius 3 is 2.33 bits per heavy atom. The summed E-state index contributed by atoms with van der Waals surface area (Å²) in [5.41, 5.74) is 5.05. The normalized spacial score (nSPS) is 22.0. The van der Waals surface area contributed by atoms with Crippen molar-refractivity contribution in [2.45, 2.75) is 37.7 Å². The summed E-state index contributed by atoms with van der Waals surface area (Å²) in [5.74, 6) is 0. The highest BCUT2D eigenvalue weighted by atomic mass is 19.3. The van der Waals surface area contributed by atoms with Crippen molar-refractivity contribution in [3.05, 3.63) is 0 Å². The van der Waals surface area contributed by atoms with E-state index in [0.717, 1.165) is 25.7 Å². The number of halogens is 2. The molecule has 72 valence electrons. The lowest BCUT2D eigenvalue weighted by molar-refractivity contribution is -0.0805. The molecular weight excluding hydrogens is 164 g/mol. The van der Waals surface area contributed by atoms with Crippen LogP contribution in [0.15, 0.2) is 0 Å². The summed E-state index contributed by atoms with van der Waals surface area (Å²) >= 11 is 0. The first-order valence-corrected chi connectivity index (χ1v) is 4.31. The molecule has 1 aliphatic carbocycles. The van der Waals surface area contributed by atoms with Crippen molar-refractivity contribution in [2.75, 3.05) is 13.2 Å². The number of hydrogen-bond donors (Lipinski definition) is 1. The highest BCUT2D eigenvalue weighted by Crippen LogP contribution is 2.32. The van der Waals surface area contributed by atoms with Gasteiger partial charge in [-0.25, -0.2) is 8.78 Å². The zero-order valence-corrected chi connectivity index (χ0v) is 7.06. The molecule has 2 nitrogen and oxygen atoms in total. The Labute approximate surface area is 71.1 Å². The number of alkyl halides is 2. The molecule has 0 aromatic heterocycles. The number of rotatable bonds is 4. The molecule has 0 aromatic carbocycles. The lowest BCUT2D eigenvalue weighted by Crippen LogP contribution is -2.39. The fraction of sp³-hybridized carbons (Fsp3) is 1.00. The molecule has 0 saturated heterocycles. The maximum Gasteiger partial charge on any atom is 0.261 e. The Balaban J connectivity index is 2.34. The zero-order valence-electron chi connectivity index (χ0n) is 7.06. The molecule has 0 heterocycles. The van der Waals surface area contributed by atoms with E-state index in [9.17, 15) is 8.78 Å². The first-order chi connectivity index (χ1) is 5.68. The van der Waals surface area contributed by atoms with E-state index in [1.54, 1.807) is 0 Å². The molecule has 0 amide bonds. The monoisotopic (exact) mass is 179 g/mol. The highest BCUT2D eigenvalue weighted by Gasteiger charge is 2.33. The Kier molecular flexibility index (Phi) is 3.40. The third kappa shape index (κ3) is 2.38. The minimum Gasteiger partial charge on any atom is -0.368 e. The van der Waals surface area contributed by atoms with Crippen molar-refractivity contribution >= 4 is 0 Å². The molecule has 0 aromatic rings. The van der Waals surface area contributed by atoms with Crippen LogP contribution in [-0.4, -0.2) is 25.2 Å². The van der Waals surface area contributed by atoms with Gasteiger partial charge < -0.3 is 10.5 Å². The zero-order chi connectivity index (χ0) is 9.03. The van der Waals surface area contributed by atoms with E-state index in [-0.39, 0.29) is 0 Å². The molecule has 4 heteroatoms. The van der Waals surface area contributed by atoms with Crippen molar-refractivity contribution in [2.24, 2.45) is 5.73 Å². The first-order valence-electron chi connectivity index (χ1n) is 4.31. The van der Waals surface area contributed by atoms with Gasteiger partial charge in [0.05, 0.1) is 5.60 Å². The molecule has 1 rings (SSSR count). The van der Waals surface area contributed by atoms with Crippen molar-refractivity contribution < 1.29 is 13.5 Å². The summed E-state index contributed by atoms with van der Waals surface area (Å²) in [6.45, 7) is -0.114.